The van der Waals surface area contributed by atoms with Gasteiger partial charge in [0.1, 0.15) is 0 Å². The molecule has 1 unspecified atom stereocenters. The summed E-state index contributed by atoms with van der Waals surface area (Å²) in [7, 11) is 0. The molecule has 1 aliphatic rings. The Balaban J connectivity index is 1.92. The highest BCUT2D eigenvalue weighted by Crippen LogP contribution is 2.17. The number of piperidine rings is 1. The first-order valence-electron chi connectivity index (χ1n) is 6.20. The molecular formula is C12H15BrN4O. The molecule has 2 N–H and O–H groups in total. The average Bonchev–Trinajstić information content (AvgIpc) is 2.73. The number of nitrogens with zero attached hydrogens (tertiary/aromatic N) is 2. The van der Waals surface area contributed by atoms with Crippen LogP contribution in [0.4, 0.5) is 0 Å². The Kier molecular flexibility index (Phi) is 3.22. The van der Waals surface area contributed by atoms with Gasteiger partial charge in [-0.15, -0.1) is 0 Å². The molecule has 5 nitrogen and oxygen atoms in total. The van der Waals surface area contributed by atoms with Crippen molar-refractivity contribution in [3.63, 3.8) is 0 Å². The third kappa shape index (κ3) is 2.22. The standard InChI is InChI=1S/C12H15BrN4O/c13-10-7-15-17-11(18)5-9(16-12(10)17)4-8-2-1-3-14-6-8/h5,7-8,14-15H,1-4,6H2. The highest BCUT2D eigenvalue weighted by molar-refractivity contribution is 9.10. The predicted octanol–water partition coefficient (Wildman–Crippen LogP) is 1.33. The lowest BCUT2D eigenvalue weighted by Gasteiger charge is -2.22. The maximum atomic E-state index is 11.9. The van der Waals surface area contributed by atoms with E-state index >= 15 is 0 Å². The summed E-state index contributed by atoms with van der Waals surface area (Å²) >= 11 is 3.39. The fraction of sp³-hybridized carbons (Fsp3) is 0.500. The SMILES string of the molecule is O=c1cc(CC2CCCNC2)nc2c(Br)c[nH]n12. The summed E-state index contributed by atoms with van der Waals surface area (Å²) in [5.41, 5.74) is 1.50. The minimum absolute atomic E-state index is 0.0514. The van der Waals surface area contributed by atoms with E-state index in [0.717, 1.165) is 29.7 Å². The predicted molar refractivity (Wildman–Crippen MR) is 72.8 cm³/mol. The molecule has 3 rings (SSSR count). The van der Waals surface area contributed by atoms with E-state index in [9.17, 15) is 4.79 Å². The maximum Gasteiger partial charge on any atom is 0.272 e. The minimum Gasteiger partial charge on any atom is -0.316 e. The van der Waals surface area contributed by atoms with Crippen LogP contribution in [-0.2, 0) is 6.42 Å². The van der Waals surface area contributed by atoms with Gasteiger partial charge in [0.25, 0.3) is 5.56 Å². The number of aromatic amines is 1. The van der Waals surface area contributed by atoms with Gasteiger partial charge < -0.3 is 5.32 Å². The van der Waals surface area contributed by atoms with Crippen molar-refractivity contribution in [3.05, 3.63) is 32.8 Å². The molecule has 6 heteroatoms. The number of aromatic nitrogens is 3. The van der Waals surface area contributed by atoms with Crippen LogP contribution >= 0.6 is 15.9 Å². The number of H-pyrrole nitrogens is 1. The van der Waals surface area contributed by atoms with E-state index in [2.05, 4.69) is 31.3 Å². The van der Waals surface area contributed by atoms with E-state index in [-0.39, 0.29) is 5.56 Å². The van der Waals surface area contributed by atoms with Crippen molar-refractivity contribution in [2.75, 3.05) is 13.1 Å². The normalized spacial score (nSPS) is 20.4. The van der Waals surface area contributed by atoms with Gasteiger partial charge >= 0.3 is 0 Å². The molecule has 1 atom stereocenters. The van der Waals surface area contributed by atoms with Crippen LogP contribution in [0.1, 0.15) is 18.5 Å². The second-order valence-corrected chi connectivity index (χ2v) is 5.64. The smallest absolute Gasteiger partial charge is 0.272 e. The molecule has 1 saturated heterocycles. The van der Waals surface area contributed by atoms with Gasteiger partial charge in [-0.05, 0) is 54.2 Å². The molecular weight excluding hydrogens is 296 g/mol. The summed E-state index contributed by atoms with van der Waals surface area (Å²) in [5.74, 6) is 0.589. The van der Waals surface area contributed by atoms with Crippen molar-refractivity contribution in [3.8, 4) is 0 Å². The summed E-state index contributed by atoms with van der Waals surface area (Å²) in [6.45, 7) is 2.13. The Bertz CT molecular complexity index is 612. The van der Waals surface area contributed by atoms with E-state index < -0.39 is 0 Å². The fourth-order valence-electron chi connectivity index (χ4n) is 2.50. The topological polar surface area (TPSA) is 62.2 Å². The lowest BCUT2D eigenvalue weighted by molar-refractivity contribution is 0.373. The first-order chi connectivity index (χ1) is 8.74. The second kappa shape index (κ2) is 4.85. The van der Waals surface area contributed by atoms with Gasteiger partial charge in [-0.1, -0.05) is 0 Å². The van der Waals surface area contributed by atoms with Gasteiger partial charge in [0.2, 0.25) is 0 Å². The zero-order valence-corrected chi connectivity index (χ0v) is 11.5. The Morgan fingerprint density at radius 1 is 1.56 bits per heavy atom. The number of hydrogen-bond acceptors (Lipinski definition) is 3. The van der Waals surface area contributed by atoms with Crippen LogP contribution in [0.25, 0.3) is 5.65 Å². The minimum atomic E-state index is -0.0514. The van der Waals surface area contributed by atoms with Gasteiger partial charge in [-0.3, -0.25) is 9.89 Å². The molecule has 1 fully saturated rings. The summed E-state index contributed by atoms with van der Waals surface area (Å²) in [6.07, 6.45) is 5.02. The Morgan fingerprint density at radius 2 is 2.44 bits per heavy atom. The molecule has 0 bridgehead atoms. The molecule has 0 saturated carbocycles. The lowest BCUT2D eigenvalue weighted by Crippen LogP contribution is -2.31. The van der Waals surface area contributed by atoms with Gasteiger partial charge in [-0.2, -0.15) is 0 Å². The zero-order valence-electron chi connectivity index (χ0n) is 9.95. The van der Waals surface area contributed by atoms with E-state index in [4.69, 9.17) is 0 Å². The molecule has 0 aliphatic carbocycles. The molecule has 0 amide bonds. The second-order valence-electron chi connectivity index (χ2n) is 4.78. The molecule has 3 heterocycles. The third-order valence-electron chi connectivity index (χ3n) is 3.40. The highest BCUT2D eigenvalue weighted by atomic mass is 79.9. The van der Waals surface area contributed by atoms with E-state index in [1.54, 1.807) is 12.3 Å². The molecule has 1 aliphatic heterocycles. The van der Waals surface area contributed by atoms with Crippen molar-refractivity contribution in [2.24, 2.45) is 5.92 Å². The monoisotopic (exact) mass is 310 g/mol. The molecule has 18 heavy (non-hydrogen) atoms. The van der Waals surface area contributed by atoms with Crippen LogP contribution in [0, 0.1) is 5.92 Å². The zero-order chi connectivity index (χ0) is 12.5. The van der Waals surface area contributed by atoms with Crippen LogP contribution in [0.15, 0.2) is 21.5 Å². The van der Waals surface area contributed by atoms with Crippen molar-refractivity contribution in [2.45, 2.75) is 19.3 Å². The van der Waals surface area contributed by atoms with Crippen LogP contribution in [-0.4, -0.2) is 27.7 Å². The van der Waals surface area contributed by atoms with Crippen molar-refractivity contribution in [1.29, 1.82) is 0 Å². The van der Waals surface area contributed by atoms with Crippen LogP contribution in [0.5, 0.6) is 0 Å². The van der Waals surface area contributed by atoms with Crippen molar-refractivity contribution < 1.29 is 0 Å². The summed E-state index contributed by atoms with van der Waals surface area (Å²) in [5, 5.41) is 6.26. The largest absolute Gasteiger partial charge is 0.316 e. The number of nitrogens with one attached hydrogen (secondary N) is 2. The molecule has 0 radical (unpaired) electrons. The van der Waals surface area contributed by atoms with Gasteiger partial charge in [0.05, 0.1) is 4.47 Å². The lowest BCUT2D eigenvalue weighted by atomic mass is 9.95. The summed E-state index contributed by atoms with van der Waals surface area (Å²) < 4.78 is 2.27. The van der Waals surface area contributed by atoms with Gasteiger partial charge in [0, 0.05) is 18.0 Å². The average molecular weight is 311 g/mol. The van der Waals surface area contributed by atoms with E-state index in [0.29, 0.717) is 11.6 Å². The maximum absolute atomic E-state index is 11.9. The quantitative estimate of drug-likeness (QED) is 0.879. The molecule has 0 aromatic carbocycles. The van der Waals surface area contributed by atoms with E-state index in [1.165, 1.54) is 17.4 Å². The van der Waals surface area contributed by atoms with Crippen LogP contribution < -0.4 is 10.9 Å². The Hall–Kier alpha value is -1.14. The fourth-order valence-corrected chi connectivity index (χ4v) is 2.87. The number of fused-ring (bicyclic) bond motifs is 1. The number of rotatable bonds is 2. The highest BCUT2D eigenvalue weighted by Gasteiger charge is 2.15. The summed E-state index contributed by atoms with van der Waals surface area (Å²) in [6, 6.07) is 1.63. The van der Waals surface area contributed by atoms with Crippen LogP contribution in [0.3, 0.4) is 0 Å². The number of hydrogen-bond donors (Lipinski definition) is 2. The van der Waals surface area contributed by atoms with E-state index in [1.807, 2.05) is 0 Å². The third-order valence-corrected chi connectivity index (χ3v) is 3.99. The Labute approximate surface area is 113 Å². The Morgan fingerprint density at radius 3 is 3.22 bits per heavy atom. The first-order valence-corrected chi connectivity index (χ1v) is 6.99. The number of halogens is 1. The molecule has 2 aromatic heterocycles. The molecule has 0 spiro atoms. The van der Waals surface area contributed by atoms with Crippen molar-refractivity contribution in [1.82, 2.24) is 19.9 Å². The van der Waals surface area contributed by atoms with Gasteiger partial charge in [0.15, 0.2) is 5.65 Å². The molecule has 2 aromatic rings. The summed E-state index contributed by atoms with van der Waals surface area (Å²) in [4.78, 5) is 16.5. The van der Waals surface area contributed by atoms with Crippen molar-refractivity contribution >= 4 is 21.6 Å². The first kappa shape index (κ1) is 11.9. The van der Waals surface area contributed by atoms with Crippen LogP contribution in [0.2, 0.25) is 0 Å². The van der Waals surface area contributed by atoms with Gasteiger partial charge in [-0.25, -0.2) is 9.50 Å². The molecule has 96 valence electrons.